The van der Waals surface area contributed by atoms with E-state index in [-0.39, 0.29) is 17.6 Å². The molecule has 1 aliphatic rings. The van der Waals surface area contributed by atoms with E-state index in [0.29, 0.717) is 12.3 Å². The molecule has 7 nitrogen and oxygen atoms in total. The molecular weight excluding hydrogens is 517 g/mol. The average molecular weight is 551 g/mol. The molecule has 3 aromatic carbocycles. The highest BCUT2D eigenvalue weighted by molar-refractivity contribution is 5.44. The number of piperazine rings is 1. The second kappa shape index (κ2) is 12.2. The van der Waals surface area contributed by atoms with Crippen LogP contribution in [0, 0.1) is 0 Å². The van der Waals surface area contributed by atoms with Crippen LogP contribution in [-0.2, 0) is 12.7 Å². The number of aromatic nitrogens is 4. The maximum atomic E-state index is 13.5. The Balaban J connectivity index is 1.47. The van der Waals surface area contributed by atoms with E-state index in [1.54, 1.807) is 19.2 Å². The van der Waals surface area contributed by atoms with Crippen LogP contribution >= 0.6 is 0 Å². The van der Waals surface area contributed by atoms with Gasteiger partial charge in [-0.05, 0) is 52.7 Å². The molecule has 2 heterocycles. The average Bonchev–Trinajstić information content (AvgIpc) is 3.47. The lowest BCUT2D eigenvalue weighted by molar-refractivity contribution is -0.146. The van der Waals surface area contributed by atoms with Gasteiger partial charge in [-0.15, -0.1) is 5.10 Å². The summed E-state index contributed by atoms with van der Waals surface area (Å²) in [6.45, 7) is 6.23. The maximum absolute atomic E-state index is 13.5. The van der Waals surface area contributed by atoms with Crippen molar-refractivity contribution < 1.29 is 17.9 Å². The van der Waals surface area contributed by atoms with Crippen molar-refractivity contribution >= 4 is 0 Å². The summed E-state index contributed by atoms with van der Waals surface area (Å²) in [6, 6.07) is 26.3. The molecular formula is C30H33F3N6O. The third-order valence-corrected chi connectivity index (χ3v) is 7.46. The van der Waals surface area contributed by atoms with Gasteiger partial charge in [0.2, 0.25) is 0 Å². The lowest BCUT2D eigenvalue weighted by atomic mass is 9.83. The van der Waals surface area contributed by atoms with Crippen LogP contribution in [-0.4, -0.2) is 69.3 Å². The normalized spacial score (nSPS) is 16.9. The highest BCUT2D eigenvalue weighted by Gasteiger charge is 2.39. The zero-order valence-electron chi connectivity index (χ0n) is 22.6. The highest BCUT2D eigenvalue weighted by atomic mass is 19.4. The Morgan fingerprint density at radius 2 is 1.62 bits per heavy atom. The highest BCUT2D eigenvalue weighted by Crippen LogP contribution is 2.35. The van der Waals surface area contributed by atoms with Gasteiger partial charge in [0.15, 0.2) is 0 Å². The first-order valence-corrected chi connectivity index (χ1v) is 13.5. The first-order valence-electron chi connectivity index (χ1n) is 13.5. The molecule has 5 rings (SSSR count). The summed E-state index contributed by atoms with van der Waals surface area (Å²) in [4.78, 5) is 4.94. The molecule has 0 N–H and O–H groups in total. The van der Waals surface area contributed by atoms with E-state index in [0.717, 1.165) is 42.8 Å². The van der Waals surface area contributed by atoms with Crippen molar-refractivity contribution in [2.75, 3.05) is 33.3 Å². The summed E-state index contributed by atoms with van der Waals surface area (Å²) in [7, 11) is 1.57. The van der Waals surface area contributed by atoms with Crippen molar-refractivity contribution in [1.82, 2.24) is 30.0 Å². The second-order valence-corrected chi connectivity index (χ2v) is 10.0. The number of hydrogen-bond acceptors (Lipinski definition) is 6. The van der Waals surface area contributed by atoms with Crippen LogP contribution in [0.1, 0.15) is 41.8 Å². The van der Waals surface area contributed by atoms with Gasteiger partial charge in [0.1, 0.15) is 5.75 Å². The summed E-state index contributed by atoms with van der Waals surface area (Å²) in [5.41, 5.74) is 3.54. The smallest absolute Gasteiger partial charge is 0.453 e. The number of hydrogen-bond donors (Lipinski definition) is 0. The molecule has 1 atom stereocenters. The molecule has 0 saturated carbocycles. The Morgan fingerprint density at radius 3 is 2.23 bits per heavy atom. The van der Waals surface area contributed by atoms with Crippen molar-refractivity contribution in [3.05, 3.63) is 101 Å². The first kappa shape index (κ1) is 27.8. The molecule has 0 bridgehead atoms. The number of halogens is 3. The third-order valence-electron chi connectivity index (χ3n) is 7.46. The Labute approximate surface area is 232 Å². The standard InChI is InChI=1S/C30H33F3N6O/c1-3-16-38-18-17-37(21-26(38)28(22-10-6-4-7-11-22)23-12-8-5-9-13-23)20-24-19-25(14-15-27(24)40-2)39-29(30(31,32)33)34-35-36-39/h4-15,19,26,28H,3,16-18,20-21H2,1-2H3. The van der Waals surface area contributed by atoms with E-state index in [1.807, 2.05) is 12.1 Å². The monoisotopic (exact) mass is 550 g/mol. The van der Waals surface area contributed by atoms with Gasteiger partial charge >= 0.3 is 6.18 Å². The van der Waals surface area contributed by atoms with E-state index in [2.05, 4.69) is 80.8 Å². The summed E-state index contributed by atoms with van der Waals surface area (Å²) in [5.74, 6) is -0.383. The molecule has 0 aliphatic carbocycles. The number of alkyl halides is 3. The molecule has 40 heavy (non-hydrogen) atoms. The number of methoxy groups -OCH3 is 1. The van der Waals surface area contributed by atoms with Gasteiger partial charge < -0.3 is 4.74 Å². The molecule has 1 fully saturated rings. The zero-order valence-corrected chi connectivity index (χ0v) is 22.6. The van der Waals surface area contributed by atoms with Gasteiger partial charge in [-0.1, -0.05) is 67.6 Å². The number of benzene rings is 3. The van der Waals surface area contributed by atoms with E-state index in [9.17, 15) is 13.2 Å². The van der Waals surface area contributed by atoms with Crippen molar-refractivity contribution in [3.8, 4) is 11.4 Å². The van der Waals surface area contributed by atoms with Gasteiger partial charge in [-0.2, -0.15) is 17.9 Å². The minimum Gasteiger partial charge on any atom is -0.496 e. The summed E-state index contributed by atoms with van der Waals surface area (Å²) < 4.78 is 46.8. The van der Waals surface area contributed by atoms with Crippen LogP contribution in [0.2, 0.25) is 0 Å². The van der Waals surface area contributed by atoms with Gasteiger partial charge in [0.05, 0.1) is 12.8 Å². The fourth-order valence-electron chi connectivity index (χ4n) is 5.69. The lowest BCUT2D eigenvalue weighted by Crippen LogP contribution is -2.55. The number of rotatable bonds is 9. The fraction of sp³-hybridized carbons (Fsp3) is 0.367. The van der Waals surface area contributed by atoms with Crippen LogP contribution in [0.4, 0.5) is 13.2 Å². The minimum absolute atomic E-state index is 0.167. The Kier molecular flexibility index (Phi) is 8.46. The molecule has 1 unspecified atom stereocenters. The molecule has 1 saturated heterocycles. The van der Waals surface area contributed by atoms with Crippen LogP contribution in [0.3, 0.4) is 0 Å². The van der Waals surface area contributed by atoms with Crippen LogP contribution in [0.25, 0.3) is 5.69 Å². The topological polar surface area (TPSA) is 59.3 Å². The van der Waals surface area contributed by atoms with Crippen LogP contribution in [0.15, 0.2) is 78.9 Å². The van der Waals surface area contributed by atoms with E-state index >= 15 is 0 Å². The minimum atomic E-state index is -4.67. The lowest BCUT2D eigenvalue weighted by Gasteiger charge is -2.45. The molecule has 10 heteroatoms. The summed E-state index contributed by atoms with van der Waals surface area (Å²) in [6.07, 6.45) is -3.62. The molecule has 4 aromatic rings. The van der Waals surface area contributed by atoms with Gasteiger partial charge in [0, 0.05) is 43.7 Å². The Bertz CT molecular complexity index is 1340. The molecule has 1 aromatic heterocycles. The predicted octanol–water partition coefficient (Wildman–Crippen LogP) is 5.42. The second-order valence-electron chi connectivity index (χ2n) is 10.0. The van der Waals surface area contributed by atoms with Gasteiger partial charge in [0.25, 0.3) is 5.82 Å². The zero-order chi connectivity index (χ0) is 28.1. The van der Waals surface area contributed by atoms with E-state index in [1.165, 1.54) is 17.2 Å². The van der Waals surface area contributed by atoms with Gasteiger partial charge in [-0.25, -0.2) is 0 Å². The maximum Gasteiger partial charge on any atom is 0.453 e. The Morgan fingerprint density at radius 1 is 0.950 bits per heavy atom. The molecule has 1 aliphatic heterocycles. The number of ether oxygens (including phenoxy) is 1. The number of nitrogens with zero attached hydrogens (tertiary/aromatic N) is 6. The molecule has 0 radical (unpaired) electrons. The van der Waals surface area contributed by atoms with Gasteiger partial charge in [-0.3, -0.25) is 9.80 Å². The van der Waals surface area contributed by atoms with Crippen molar-refractivity contribution in [1.29, 1.82) is 0 Å². The van der Waals surface area contributed by atoms with Crippen LogP contribution in [0.5, 0.6) is 5.75 Å². The van der Waals surface area contributed by atoms with Crippen molar-refractivity contribution in [2.24, 2.45) is 0 Å². The number of tetrazole rings is 1. The SMILES string of the molecule is CCCN1CCN(Cc2cc(-n3nnnc3C(F)(F)F)ccc2OC)CC1C(c1ccccc1)c1ccccc1. The summed E-state index contributed by atoms with van der Waals surface area (Å²) in [5, 5.41) is 10.1. The molecule has 210 valence electrons. The third kappa shape index (κ3) is 6.03. The predicted molar refractivity (Wildman–Crippen MR) is 146 cm³/mol. The Hall–Kier alpha value is -3.76. The summed E-state index contributed by atoms with van der Waals surface area (Å²) >= 11 is 0. The fourth-order valence-corrected chi connectivity index (χ4v) is 5.69. The van der Waals surface area contributed by atoms with E-state index in [4.69, 9.17) is 4.74 Å². The largest absolute Gasteiger partial charge is 0.496 e. The molecule has 0 spiro atoms. The van der Waals surface area contributed by atoms with Crippen LogP contribution < -0.4 is 4.74 Å². The van der Waals surface area contributed by atoms with Crippen molar-refractivity contribution in [3.63, 3.8) is 0 Å². The first-order chi connectivity index (χ1) is 19.4. The molecule has 0 amide bonds. The van der Waals surface area contributed by atoms with E-state index < -0.39 is 12.0 Å². The quantitative estimate of drug-likeness (QED) is 0.278. The van der Waals surface area contributed by atoms with Crippen molar-refractivity contribution in [2.45, 2.75) is 38.0 Å².